The molecule has 0 saturated heterocycles. The first-order valence-corrected chi connectivity index (χ1v) is 13.3. The summed E-state index contributed by atoms with van der Waals surface area (Å²) in [6, 6.07) is 21.8. The Hall–Kier alpha value is -2.86. The topological polar surface area (TPSA) is 0 Å². The normalized spacial score (nSPS) is 21.7. The average molecular weight is 461 g/mol. The lowest BCUT2D eigenvalue weighted by Crippen LogP contribution is -2.41. The number of benzene rings is 3. The van der Waals surface area contributed by atoms with E-state index in [1.807, 2.05) is 0 Å². The summed E-state index contributed by atoms with van der Waals surface area (Å²) in [5.74, 6) is 1.66. The van der Waals surface area contributed by atoms with Gasteiger partial charge in [0, 0.05) is 5.92 Å². The molecule has 0 nitrogen and oxygen atoms in total. The quantitative estimate of drug-likeness (QED) is 0.341. The molecule has 2 aliphatic carbocycles. The van der Waals surface area contributed by atoms with Gasteiger partial charge in [-0.2, -0.15) is 0 Å². The van der Waals surface area contributed by atoms with Gasteiger partial charge in [-0.3, -0.25) is 0 Å². The zero-order valence-corrected chi connectivity index (χ0v) is 22.6. The fourth-order valence-electron chi connectivity index (χ4n) is 7.52. The Kier molecular flexibility index (Phi) is 6.12. The van der Waals surface area contributed by atoms with E-state index in [0.717, 1.165) is 0 Å². The zero-order valence-electron chi connectivity index (χ0n) is 22.6. The van der Waals surface area contributed by atoms with Crippen LogP contribution in [0.4, 0.5) is 0 Å². The van der Waals surface area contributed by atoms with Crippen LogP contribution >= 0.6 is 0 Å². The molecule has 3 atom stereocenters. The van der Waals surface area contributed by atoms with E-state index in [1.54, 1.807) is 5.57 Å². The van der Waals surface area contributed by atoms with Gasteiger partial charge in [-0.05, 0) is 82.9 Å². The average Bonchev–Trinajstić information content (AvgIpc) is 3.09. The fourth-order valence-corrected chi connectivity index (χ4v) is 7.52. The minimum absolute atomic E-state index is 0.241. The summed E-state index contributed by atoms with van der Waals surface area (Å²) in [5.41, 5.74) is 13.8. The molecule has 1 saturated carbocycles. The van der Waals surface area contributed by atoms with E-state index in [9.17, 15) is 0 Å². The second-order valence-corrected chi connectivity index (χ2v) is 11.7. The van der Waals surface area contributed by atoms with Crippen LogP contribution in [0.1, 0.15) is 69.8 Å². The van der Waals surface area contributed by atoms with Crippen LogP contribution in [0.15, 0.2) is 78.4 Å². The van der Waals surface area contributed by atoms with Gasteiger partial charge in [0.05, 0.1) is 5.41 Å². The molecule has 0 aliphatic heterocycles. The molecular formula is C35H40. The third kappa shape index (κ3) is 4.12. The van der Waals surface area contributed by atoms with Gasteiger partial charge < -0.3 is 0 Å². The highest BCUT2D eigenvalue weighted by Gasteiger charge is 2.52. The predicted molar refractivity (Wildman–Crippen MR) is 150 cm³/mol. The molecule has 3 aromatic carbocycles. The first-order chi connectivity index (χ1) is 16.7. The molecule has 3 unspecified atom stereocenters. The number of aryl methyl sites for hydroxylation is 6. The molecule has 0 bridgehead atoms. The van der Waals surface area contributed by atoms with Gasteiger partial charge in [-0.25, -0.2) is 0 Å². The Labute approximate surface area is 212 Å². The summed E-state index contributed by atoms with van der Waals surface area (Å²) >= 11 is 0. The highest BCUT2D eigenvalue weighted by Crippen LogP contribution is 2.58. The van der Waals surface area contributed by atoms with E-state index >= 15 is 0 Å². The lowest BCUT2D eigenvalue weighted by Gasteiger charge is -2.45. The molecule has 180 valence electrons. The van der Waals surface area contributed by atoms with Crippen molar-refractivity contribution in [2.75, 3.05) is 0 Å². The van der Waals surface area contributed by atoms with Gasteiger partial charge in [0.2, 0.25) is 0 Å². The summed E-state index contributed by atoms with van der Waals surface area (Å²) in [4.78, 5) is 0. The summed E-state index contributed by atoms with van der Waals surface area (Å²) in [6.07, 6.45) is 9.59. The number of allylic oxidation sites excluding steroid dienone is 4. The van der Waals surface area contributed by atoms with E-state index in [-0.39, 0.29) is 5.41 Å². The SMILES string of the molecule is Cc1cc(C)cc(C(c2cc(C)cc(C)c2)(c2cc(C)cc(C)c2)C2C3=CC=CCC3CC2C)c1. The summed E-state index contributed by atoms with van der Waals surface area (Å²) in [6.45, 7) is 16.1. The molecule has 35 heavy (non-hydrogen) atoms. The Balaban J connectivity index is 1.97. The first kappa shape index (κ1) is 23.9. The lowest BCUT2D eigenvalue weighted by molar-refractivity contribution is 0.342. The van der Waals surface area contributed by atoms with E-state index < -0.39 is 0 Å². The second kappa shape index (κ2) is 8.98. The third-order valence-corrected chi connectivity index (χ3v) is 8.40. The molecule has 0 heteroatoms. The predicted octanol–water partition coefficient (Wildman–Crippen LogP) is 9.03. The monoisotopic (exact) mass is 460 g/mol. The summed E-state index contributed by atoms with van der Waals surface area (Å²) in [5, 5.41) is 0. The number of hydrogen-bond donors (Lipinski definition) is 0. The standard InChI is InChI=1S/C35H40/c1-22-12-23(2)16-30(15-22)35(31-17-24(3)13-25(4)18-31,32-19-26(5)14-27(6)20-32)34-28(7)21-29-10-8-9-11-33(29)34/h8-9,11-20,28-29,34H,10,21H2,1-7H3. The molecular weight excluding hydrogens is 420 g/mol. The maximum Gasteiger partial charge on any atom is 0.0519 e. The van der Waals surface area contributed by atoms with Crippen molar-refractivity contribution in [3.05, 3.63) is 128 Å². The van der Waals surface area contributed by atoms with Crippen molar-refractivity contribution in [2.45, 2.75) is 66.7 Å². The molecule has 0 amide bonds. The Morgan fingerprint density at radius 3 is 1.40 bits per heavy atom. The van der Waals surface area contributed by atoms with Crippen LogP contribution in [0, 0.1) is 59.3 Å². The second-order valence-electron chi connectivity index (χ2n) is 11.7. The highest BCUT2D eigenvalue weighted by molar-refractivity contribution is 5.58. The van der Waals surface area contributed by atoms with E-state index in [4.69, 9.17) is 0 Å². The molecule has 0 radical (unpaired) electrons. The molecule has 0 spiro atoms. The number of rotatable bonds is 4. The molecule has 0 heterocycles. The molecule has 3 aromatic rings. The molecule has 1 fully saturated rings. The van der Waals surface area contributed by atoms with Crippen molar-refractivity contribution in [3.63, 3.8) is 0 Å². The van der Waals surface area contributed by atoms with Gasteiger partial charge >= 0.3 is 0 Å². The first-order valence-electron chi connectivity index (χ1n) is 13.3. The molecule has 0 N–H and O–H groups in total. The van der Waals surface area contributed by atoms with E-state index in [2.05, 4.69) is 121 Å². The minimum Gasteiger partial charge on any atom is -0.0839 e. The van der Waals surface area contributed by atoms with Gasteiger partial charge in [0.15, 0.2) is 0 Å². The van der Waals surface area contributed by atoms with Crippen molar-refractivity contribution >= 4 is 0 Å². The van der Waals surface area contributed by atoms with Crippen LogP contribution < -0.4 is 0 Å². The smallest absolute Gasteiger partial charge is 0.0519 e. The van der Waals surface area contributed by atoms with E-state index in [0.29, 0.717) is 17.8 Å². The van der Waals surface area contributed by atoms with Crippen LogP contribution in [0.25, 0.3) is 0 Å². The minimum atomic E-state index is -0.241. The lowest BCUT2D eigenvalue weighted by atomic mass is 9.57. The van der Waals surface area contributed by atoms with Crippen molar-refractivity contribution < 1.29 is 0 Å². The van der Waals surface area contributed by atoms with Crippen molar-refractivity contribution in [3.8, 4) is 0 Å². The fraction of sp³-hybridized carbons (Fsp3) is 0.371. The summed E-state index contributed by atoms with van der Waals surface area (Å²) in [7, 11) is 0. The van der Waals surface area contributed by atoms with Gasteiger partial charge in [0.25, 0.3) is 0 Å². The number of hydrogen-bond acceptors (Lipinski definition) is 0. The summed E-state index contributed by atoms with van der Waals surface area (Å²) < 4.78 is 0. The Morgan fingerprint density at radius 2 is 1.00 bits per heavy atom. The van der Waals surface area contributed by atoms with Gasteiger partial charge in [0.1, 0.15) is 0 Å². The largest absolute Gasteiger partial charge is 0.0839 e. The van der Waals surface area contributed by atoms with Crippen LogP contribution in [-0.2, 0) is 5.41 Å². The van der Waals surface area contributed by atoms with Crippen LogP contribution in [0.2, 0.25) is 0 Å². The van der Waals surface area contributed by atoms with Crippen molar-refractivity contribution in [1.29, 1.82) is 0 Å². The third-order valence-electron chi connectivity index (χ3n) is 8.40. The highest BCUT2D eigenvalue weighted by atomic mass is 14.5. The molecule has 2 aliphatic rings. The van der Waals surface area contributed by atoms with E-state index in [1.165, 1.54) is 62.9 Å². The Morgan fingerprint density at radius 1 is 0.600 bits per heavy atom. The maximum atomic E-state index is 2.51. The zero-order chi connectivity index (χ0) is 24.9. The van der Waals surface area contributed by atoms with Gasteiger partial charge in [-0.15, -0.1) is 0 Å². The van der Waals surface area contributed by atoms with Crippen LogP contribution in [-0.4, -0.2) is 0 Å². The molecule has 0 aromatic heterocycles. The van der Waals surface area contributed by atoms with Crippen molar-refractivity contribution in [2.24, 2.45) is 17.8 Å². The molecule has 5 rings (SSSR count). The number of fused-ring (bicyclic) bond motifs is 1. The maximum absolute atomic E-state index is 2.51. The Bertz CT molecular complexity index is 1150. The van der Waals surface area contributed by atoms with Gasteiger partial charge in [-0.1, -0.05) is 119 Å². The van der Waals surface area contributed by atoms with Crippen LogP contribution in [0.3, 0.4) is 0 Å². The van der Waals surface area contributed by atoms with Crippen molar-refractivity contribution in [1.82, 2.24) is 0 Å². The van der Waals surface area contributed by atoms with Crippen LogP contribution in [0.5, 0.6) is 0 Å².